The van der Waals surface area contributed by atoms with Crippen molar-refractivity contribution in [3.8, 4) is 11.8 Å². The molecule has 3 aromatic carbocycles. The predicted molar refractivity (Wildman–Crippen MR) is 99.7 cm³/mol. The van der Waals surface area contributed by atoms with E-state index < -0.39 is 0 Å². The molecular weight excluding hydrogens is 295 g/mol. The molecule has 0 N–H and O–H groups in total. The Morgan fingerprint density at radius 1 is 0.833 bits per heavy atom. The zero-order valence-corrected chi connectivity index (χ0v) is 14.2. The highest BCUT2D eigenvalue weighted by Gasteiger charge is 2.06. The largest absolute Gasteiger partial charge is 0.206 e. The van der Waals surface area contributed by atoms with E-state index >= 15 is 0 Å². The van der Waals surface area contributed by atoms with Crippen molar-refractivity contribution < 1.29 is 4.39 Å². The molecule has 0 heterocycles. The average molecular weight is 316 g/mol. The summed E-state index contributed by atoms with van der Waals surface area (Å²) in [5, 5.41) is 1.58. The van der Waals surface area contributed by atoms with Gasteiger partial charge < -0.3 is 0 Å². The maximum Gasteiger partial charge on any atom is 0.134 e. The molecule has 0 fully saturated rings. The number of benzene rings is 3. The van der Waals surface area contributed by atoms with Gasteiger partial charge in [-0.25, -0.2) is 4.39 Å². The molecule has 1 heteroatoms. The predicted octanol–water partition coefficient (Wildman–Crippen LogP) is 5.89. The fourth-order valence-corrected chi connectivity index (χ4v) is 2.85. The Morgan fingerprint density at radius 3 is 2.25 bits per heavy atom. The van der Waals surface area contributed by atoms with Gasteiger partial charge in [0.2, 0.25) is 0 Å². The lowest BCUT2D eigenvalue weighted by Gasteiger charge is -2.06. The van der Waals surface area contributed by atoms with Crippen LogP contribution in [0, 0.1) is 17.7 Å². The van der Waals surface area contributed by atoms with Crippen molar-refractivity contribution >= 4 is 10.8 Å². The van der Waals surface area contributed by atoms with E-state index in [1.807, 2.05) is 42.5 Å². The van der Waals surface area contributed by atoms with Crippen LogP contribution in [0.4, 0.5) is 4.39 Å². The fourth-order valence-electron chi connectivity index (χ4n) is 2.85. The van der Waals surface area contributed by atoms with Gasteiger partial charge in [0.15, 0.2) is 0 Å². The third kappa shape index (κ3) is 3.49. The van der Waals surface area contributed by atoms with Gasteiger partial charge in [-0.3, -0.25) is 0 Å². The van der Waals surface area contributed by atoms with Crippen molar-refractivity contribution in [3.05, 3.63) is 82.7 Å². The van der Waals surface area contributed by atoms with Crippen molar-refractivity contribution in [2.75, 3.05) is 0 Å². The van der Waals surface area contributed by atoms with Crippen molar-refractivity contribution in [2.24, 2.45) is 0 Å². The quantitative estimate of drug-likeness (QED) is 0.528. The monoisotopic (exact) mass is 316 g/mol. The lowest BCUT2D eigenvalue weighted by molar-refractivity contribution is 0.619. The van der Waals surface area contributed by atoms with Gasteiger partial charge >= 0.3 is 0 Å². The van der Waals surface area contributed by atoms with Crippen LogP contribution in [-0.4, -0.2) is 0 Å². The molecule has 0 bridgehead atoms. The molecule has 0 atom stereocenters. The molecule has 3 aromatic rings. The molecule has 120 valence electrons. The maximum atomic E-state index is 14.5. The lowest BCUT2D eigenvalue weighted by atomic mass is 10.0. The van der Waals surface area contributed by atoms with Gasteiger partial charge in [0.25, 0.3) is 0 Å². The minimum atomic E-state index is -0.0935. The van der Waals surface area contributed by atoms with Crippen LogP contribution in [-0.2, 0) is 12.8 Å². The van der Waals surface area contributed by atoms with Crippen LogP contribution in [0.5, 0.6) is 0 Å². The first-order chi connectivity index (χ1) is 11.7. The molecule has 0 aliphatic carbocycles. The van der Waals surface area contributed by atoms with Crippen LogP contribution in [0.2, 0.25) is 0 Å². The highest BCUT2D eigenvalue weighted by Crippen LogP contribution is 2.23. The summed E-state index contributed by atoms with van der Waals surface area (Å²) in [5.41, 5.74) is 4.01. The van der Waals surface area contributed by atoms with E-state index in [-0.39, 0.29) is 5.82 Å². The Kier molecular flexibility index (Phi) is 4.96. The molecule has 0 aliphatic heterocycles. The molecule has 0 saturated heterocycles. The second kappa shape index (κ2) is 7.32. The Balaban J connectivity index is 1.91. The van der Waals surface area contributed by atoms with Gasteiger partial charge in [0.05, 0.1) is 0 Å². The van der Waals surface area contributed by atoms with Crippen LogP contribution in [0.3, 0.4) is 0 Å². The van der Waals surface area contributed by atoms with E-state index in [4.69, 9.17) is 0 Å². The smallest absolute Gasteiger partial charge is 0.134 e. The summed E-state index contributed by atoms with van der Waals surface area (Å²) in [6.45, 7) is 4.20. The molecular formula is C23H21F. The average Bonchev–Trinajstić information content (AvgIpc) is 2.63. The molecule has 0 nitrogen and oxygen atoms in total. The third-order valence-electron chi connectivity index (χ3n) is 4.27. The molecule has 0 aromatic heterocycles. The van der Waals surface area contributed by atoms with E-state index in [0.29, 0.717) is 5.39 Å². The standard InChI is InChI=1S/C23H21F/c1-3-5-20-13-14-21-16-19(12-15-22(21)23(20)24)11-10-18-8-6-17(4-2)7-9-18/h6-9,12-16H,3-5H2,1-2H3. The van der Waals surface area contributed by atoms with Crippen LogP contribution in [0.15, 0.2) is 54.6 Å². The number of hydrogen-bond acceptors (Lipinski definition) is 0. The summed E-state index contributed by atoms with van der Waals surface area (Å²) < 4.78 is 14.5. The minimum absolute atomic E-state index is 0.0935. The van der Waals surface area contributed by atoms with Crippen molar-refractivity contribution in [1.29, 1.82) is 0 Å². The highest BCUT2D eigenvalue weighted by molar-refractivity contribution is 5.85. The lowest BCUT2D eigenvalue weighted by Crippen LogP contribution is -1.91. The van der Waals surface area contributed by atoms with Crippen molar-refractivity contribution in [2.45, 2.75) is 33.1 Å². The normalized spacial score (nSPS) is 10.5. The minimum Gasteiger partial charge on any atom is -0.206 e. The Hall–Kier alpha value is -2.59. The molecule has 24 heavy (non-hydrogen) atoms. The van der Waals surface area contributed by atoms with Gasteiger partial charge in [-0.1, -0.05) is 62.4 Å². The van der Waals surface area contributed by atoms with Crippen LogP contribution in [0.25, 0.3) is 10.8 Å². The van der Waals surface area contributed by atoms with Gasteiger partial charge in [-0.2, -0.15) is 0 Å². The SMILES string of the molecule is CCCc1ccc2cc(C#Cc3ccc(CC)cc3)ccc2c1F. The van der Waals surface area contributed by atoms with E-state index in [0.717, 1.165) is 41.3 Å². The van der Waals surface area contributed by atoms with Crippen LogP contribution < -0.4 is 0 Å². The molecule has 0 amide bonds. The number of halogens is 1. The summed E-state index contributed by atoms with van der Waals surface area (Å²) in [4.78, 5) is 0. The van der Waals surface area contributed by atoms with Gasteiger partial charge in [-0.05, 0) is 53.6 Å². The van der Waals surface area contributed by atoms with E-state index in [9.17, 15) is 4.39 Å². The number of hydrogen-bond donors (Lipinski definition) is 0. The van der Waals surface area contributed by atoms with Gasteiger partial charge in [0, 0.05) is 16.5 Å². The van der Waals surface area contributed by atoms with E-state index in [1.165, 1.54) is 5.56 Å². The Labute approximate surface area is 143 Å². The van der Waals surface area contributed by atoms with Crippen molar-refractivity contribution in [1.82, 2.24) is 0 Å². The van der Waals surface area contributed by atoms with Crippen LogP contribution in [0.1, 0.15) is 42.5 Å². The number of rotatable bonds is 3. The zero-order chi connectivity index (χ0) is 16.9. The summed E-state index contributed by atoms with van der Waals surface area (Å²) >= 11 is 0. The number of fused-ring (bicyclic) bond motifs is 1. The summed E-state index contributed by atoms with van der Waals surface area (Å²) in [6.07, 6.45) is 2.75. The van der Waals surface area contributed by atoms with E-state index in [2.05, 4.69) is 37.8 Å². The van der Waals surface area contributed by atoms with Crippen LogP contribution >= 0.6 is 0 Å². The molecule has 0 radical (unpaired) electrons. The second-order valence-electron chi connectivity index (χ2n) is 6.03. The first-order valence-electron chi connectivity index (χ1n) is 8.53. The molecule has 0 spiro atoms. The fraction of sp³-hybridized carbons (Fsp3) is 0.217. The topological polar surface area (TPSA) is 0 Å². The van der Waals surface area contributed by atoms with Crippen molar-refractivity contribution in [3.63, 3.8) is 0 Å². The molecule has 0 saturated carbocycles. The summed E-state index contributed by atoms with van der Waals surface area (Å²) in [6, 6.07) is 17.9. The second-order valence-corrected chi connectivity index (χ2v) is 6.03. The van der Waals surface area contributed by atoms with Gasteiger partial charge in [-0.15, -0.1) is 0 Å². The zero-order valence-electron chi connectivity index (χ0n) is 14.2. The Morgan fingerprint density at radius 2 is 1.54 bits per heavy atom. The Bertz CT molecular complexity index is 908. The number of aryl methyl sites for hydroxylation is 2. The maximum absolute atomic E-state index is 14.5. The highest BCUT2D eigenvalue weighted by atomic mass is 19.1. The molecule has 0 unspecified atom stereocenters. The third-order valence-corrected chi connectivity index (χ3v) is 4.27. The first kappa shape index (κ1) is 16.3. The summed E-state index contributed by atoms with van der Waals surface area (Å²) in [5.74, 6) is 6.26. The molecule has 0 aliphatic rings. The van der Waals surface area contributed by atoms with E-state index in [1.54, 1.807) is 0 Å². The van der Waals surface area contributed by atoms with Gasteiger partial charge in [0.1, 0.15) is 5.82 Å². The summed E-state index contributed by atoms with van der Waals surface area (Å²) in [7, 11) is 0. The first-order valence-corrected chi connectivity index (χ1v) is 8.53. The molecule has 3 rings (SSSR count).